The molecule has 510 valence electrons. The lowest BCUT2D eigenvalue weighted by Crippen LogP contribution is -2.41. The predicted molar refractivity (Wildman–Crippen MR) is 359 cm³/mol. The first-order valence-corrected chi connectivity index (χ1v) is 31.2. The highest BCUT2D eigenvalue weighted by atomic mass is 16.6. The van der Waals surface area contributed by atoms with Crippen LogP contribution in [-0.2, 0) is 46.6 Å². The van der Waals surface area contributed by atoms with E-state index in [1.54, 1.807) is 57.0 Å². The molecule has 11 rings (SSSR count). The number of carbonyl (C=O) groups is 7. The molecule has 5 amide bonds. The van der Waals surface area contributed by atoms with Crippen LogP contribution in [0.25, 0.3) is 0 Å². The van der Waals surface area contributed by atoms with Crippen molar-refractivity contribution in [2.24, 2.45) is 35.3 Å². The van der Waals surface area contributed by atoms with Gasteiger partial charge in [0.2, 0.25) is 42.3 Å². The lowest BCUT2D eigenvalue weighted by atomic mass is 9.95. The number of esters is 1. The number of likely N-dealkylation sites (tertiary alicyclic amines) is 1. The summed E-state index contributed by atoms with van der Waals surface area (Å²) in [4.78, 5) is 113. The summed E-state index contributed by atoms with van der Waals surface area (Å²) in [5.74, 6) is -2.59. The molecule has 4 saturated heterocycles. The fourth-order valence-corrected chi connectivity index (χ4v) is 11.2. The molecule has 25 heteroatoms. The van der Waals surface area contributed by atoms with Crippen molar-refractivity contribution < 1.29 is 62.5 Å². The lowest BCUT2D eigenvalue weighted by Gasteiger charge is -2.25. The molecule has 7 aromatic rings. The Morgan fingerprint density at radius 3 is 1.43 bits per heavy atom. The summed E-state index contributed by atoms with van der Waals surface area (Å²) < 4.78 is 14.7. The zero-order valence-corrected chi connectivity index (χ0v) is 54.7. The van der Waals surface area contributed by atoms with Crippen molar-refractivity contribution in [1.82, 2.24) is 26.2 Å². The Labute approximate surface area is 561 Å². The van der Waals surface area contributed by atoms with E-state index in [1.807, 2.05) is 189 Å². The largest absolute Gasteiger partial charge is 0.497 e. The van der Waals surface area contributed by atoms with Gasteiger partial charge in [-0.15, -0.1) is 0 Å². The van der Waals surface area contributed by atoms with Crippen molar-refractivity contribution in [1.29, 1.82) is 0 Å². The maximum absolute atomic E-state index is 12.7. The molecule has 0 saturated carbocycles. The summed E-state index contributed by atoms with van der Waals surface area (Å²) in [6.45, 7) is 8.51. The molecule has 4 aliphatic heterocycles. The van der Waals surface area contributed by atoms with Gasteiger partial charge in [-0.3, -0.25) is 59.1 Å². The number of amides is 5. The standard InChI is InChI=1S/C19H20N2O4.C19H20N2O3.C11H12N2O3.C11H14N2O.C7H6O.C5H9NO4/c1-13-17(21(23)24)18(15-6-4-3-5-7-15)20(19(13)22)12-14-8-10-16(25-2)11-9-14;1-13-16(17(20-18(13)22)15-10-6-3-7-11-15)21-19(23)24-12-14-8-4-2-5-9-14;1-7-10(13(15)16)9(12-11(7)14)8-5-3-2-4-6-8;1-7-9(12)10(13-11(7)14)8-5-3-2-4-6-8;8-6-7-4-2-1-3-5-7;1-4(3-6(8)9)5(7)10-2/h3-11,13,17-18H,12H2,1-2H3;2-11,13,16-17H,12H2,1H3,(H,20,22)(H,21,23);2-7,9-10H,1H3,(H,12,14);2-7,9-10H,12H2,1H3,(H,13,14);1-6H;4H,3H2,1-2H3/t13-,17-,18+;13-,16-,17+;7-,9+,10-;7-,9-,10+;;/m0000../s1. The highest BCUT2D eigenvalue weighted by molar-refractivity contribution is 5.85. The number of rotatable bonds is 16. The lowest BCUT2D eigenvalue weighted by molar-refractivity contribution is -0.532. The zero-order chi connectivity index (χ0) is 70.7. The van der Waals surface area contributed by atoms with Gasteiger partial charge in [-0.05, 0) is 66.3 Å². The number of methoxy groups -OCH3 is 2. The maximum Gasteiger partial charge on any atom is 0.407 e. The molecule has 13 atom stereocenters. The van der Waals surface area contributed by atoms with Crippen molar-refractivity contribution in [2.75, 3.05) is 20.8 Å². The van der Waals surface area contributed by atoms with Crippen LogP contribution in [0.4, 0.5) is 4.79 Å². The van der Waals surface area contributed by atoms with Gasteiger partial charge in [-0.2, -0.15) is 0 Å². The molecular formula is C72H81N9O16. The summed E-state index contributed by atoms with van der Waals surface area (Å²) in [5, 5.41) is 43.8. The molecule has 7 aromatic carbocycles. The van der Waals surface area contributed by atoms with Gasteiger partial charge < -0.3 is 46.1 Å². The number of hydrogen-bond acceptors (Lipinski definition) is 17. The van der Waals surface area contributed by atoms with Crippen LogP contribution in [0, 0.1) is 59.9 Å². The fraction of sp³-hybridized carbons (Fsp3) is 0.319. The number of alkyl carbamates (subject to hydrolysis) is 1. The molecule has 0 spiro atoms. The van der Waals surface area contributed by atoms with Crippen LogP contribution >= 0.6 is 0 Å². The summed E-state index contributed by atoms with van der Waals surface area (Å²) in [6.07, 6.45) is 0.313. The topological polar surface area (TPSA) is 354 Å². The third-order valence-electron chi connectivity index (χ3n) is 16.8. The van der Waals surface area contributed by atoms with Crippen molar-refractivity contribution in [3.63, 3.8) is 0 Å². The number of nitro groups is 3. The minimum absolute atomic E-state index is 0.0290. The second kappa shape index (κ2) is 37.0. The number of aldehydes is 1. The van der Waals surface area contributed by atoms with E-state index < -0.39 is 58.9 Å². The van der Waals surface area contributed by atoms with Gasteiger partial charge in [0, 0.05) is 32.9 Å². The fourth-order valence-electron chi connectivity index (χ4n) is 11.2. The number of nitrogens with two attached hydrogens (primary N) is 1. The molecule has 4 heterocycles. The van der Waals surface area contributed by atoms with Crippen LogP contribution in [-0.4, -0.2) is 107 Å². The SMILES string of the molecule is COC(=O)C(C)C[N+](=O)[O-].COc1ccc(CN2C(=O)[C@@H](C)[C@H]([N+](=O)[O-])[C@H]2c2ccccc2)cc1.C[C@@H]1C(=O)N[C@H](c2ccccc2)[C@H]1N.C[C@@H]1C(=O)N[C@H](c2ccccc2)[C@H]1NC(=O)OCc1ccccc1.C[C@@H]1C(=O)N[C@H](c2ccccc2)[C@H]1[N+](=O)[O-].O=Cc1ccccc1. The van der Waals surface area contributed by atoms with Crippen molar-refractivity contribution in [3.05, 3.63) is 276 Å². The van der Waals surface area contributed by atoms with Crippen molar-refractivity contribution in [3.8, 4) is 5.75 Å². The van der Waals surface area contributed by atoms with E-state index in [0.717, 1.165) is 51.0 Å². The molecule has 4 fully saturated rings. The molecule has 0 bridgehead atoms. The van der Waals surface area contributed by atoms with Crippen LogP contribution in [0.3, 0.4) is 0 Å². The van der Waals surface area contributed by atoms with Gasteiger partial charge in [0.15, 0.2) is 0 Å². The minimum Gasteiger partial charge on any atom is -0.497 e. The van der Waals surface area contributed by atoms with Crippen LogP contribution < -0.4 is 31.7 Å². The van der Waals surface area contributed by atoms with E-state index in [4.69, 9.17) is 15.2 Å². The van der Waals surface area contributed by atoms with Gasteiger partial charge >= 0.3 is 12.1 Å². The van der Waals surface area contributed by atoms with E-state index in [0.29, 0.717) is 6.54 Å². The van der Waals surface area contributed by atoms with Gasteiger partial charge in [-0.25, -0.2) is 4.79 Å². The van der Waals surface area contributed by atoms with E-state index in [2.05, 4.69) is 26.0 Å². The summed E-state index contributed by atoms with van der Waals surface area (Å²) in [6, 6.07) is 60.0. The highest BCUT2D eigenvalue weighted by Crippen LogP contribution is 2.40. The van der Waals surface area contributed by atoms with Gasteiger partial charge in [0.25, 0.3) is 0 Å². The third kappa shape index (κ3) is 21.1. The molecule has 6 N–H and O–H groups in total. The first-order valence-electron chi connectivity index (χ1n) is 31.2. The molecule has 0 aromatic heterocycles. The Morgan fingerprint density at radius 2 is 0.990 bits per heavy atom. The number of nitrogens with zero attached hydrogens (tertiary/aromatic N) is 4. The average molecular weight is 1330 g/mol. The molecule has 25 nitrogen and oxygen atoms in total. The molecule has 97 heavy (non-hydrogen) atoms. The summed E-state index contributed by atoms with van der Waals surface area (Å²) >= 11 is 0. The second-order valence-electron chi connectivity index (χ2n) is 23.3. The first kappa shape index (κ1) is 74.8. The van der Waals surface area contributed by atoms with Crippen molar-refractivity contribution in [2.45, 2.75) is 96.1 Å². The Bertz CT molecular complexity index is 3720. The predicted octanol–water partition coefficient (Wildman–Crippen LogP) is 9.38. The number of carbonyl (C=O) groups excluding carboxylic acids is 7. The minimum atomic E-state index is -0.951. The first-order chi connectivity index (χ1) is 46.5. The van der Waals surface area contributed by atoms with Crippen LogP contribution in [0.1, 0.15) is 103 Å². The average Bonchev–Trinajstić information content (AvgIpc) is 1.63. The monoisotopic (exact) mass is 1330 g/mol. The second-order valence-corrected chi connectivity index (χ2v) is 23.3. The maximum atomic E-state index is 12.7. The number of benzene rings is 7. The van der Waals surface area contributed by atoms with E-state index >= 15 is 0 Å². The quantitative estimate of drug-likeness (QED) is 0.0260. The number of ether oxygens (including phenoxy) is 3. The Balaban J connectivity index is 0.000000192. The summed E-state index contributed by atoms with van der Waals surface area (Å²) in [5.41, 5.74) is 12.1. The Hall–Kier alpha value is -11.2. The zero-order valence-electron chi connectivity index (χ0n) is 54.7. The highest BCUT2D eigenvalue weighted by Gasteiger charge is 2.54. The third-order valence-corrected chi connectivity index (χ3v) is 16.8. The van der Waals surface area contributed by atoms with Crippen LogP contribution in [0.2, 0.25) is 0 Å². The normalized spacial score (nSPS) is 22.8. The Kier molecular flexibility index (Phi) is 28.6. The van der Waals surface area contributed by atoms with E-state index in [9.17, 15) is 63.9 Å². The molecule has 0 aliphatic carbocycles. The van der Waals surface area contributed by atoms with Crippen molar-refractivity contribution >= 4 is 42.0 Å². The Morgan fingerprint density at radius 1 is 0.557 bits per heavy atom. The molecule has 1 unspecified atom stereocenters. The van der Waals surface area contributed by atoms with E-state index in [-0.39, 0.29) is 82.6 Å². The van der Waals surface area contributed by atoms with Crippen LogP contribution in [0.15, 0.2) is 206 Å². The number of hydrogen-bond donors (Lipinski definition) is 5. The van der Waals surface area contributed by atoms with Gasteiger partial charge in [0.1, 0.15) is 48.5 Å². The van der Waals surface area contributed by atoms with E-state index in [1.165, 1.54) is 14.0 Å². The van der Waals surface area contributed by atoms with Crippen LogP contribution in [0.5, 0.6) is 5.75 Å². The summed E-state index contributed by atoms with van der Waals surface area (Å²) in [7, 11) is 2.80. The molecule has 0 radical (unpaired) electrons. The smallest absolute Gasteiger partial charge is 0.407 e. The molecule has 4 aliphatic rings. The van der Waals surface area contributed by atoms with Gasteiger partial charge in [-0.1, -0.05) is 208 Å². The molecular weight excluding hydrogens is 1250 g/mol. The number of nitrogens with one attached hydrogen (secondary N) is 4. The van der Waals surface area contributed by atoms with Gasteiger partial charge in [0.05, 0.1) is 44.2 Å².